The molecule has 2 N–H and O–H groups in total. The third-order valence-electron chi connectivity index (χ3n) is 4.38. The first-order valence-corrected chi connectivity index (χ1v) is 8.61. The Hall–Kier alpha value is -2.14. The van der Waals surface area contributed by atoms with Crippen LogP contribution in [-0.2, 0) is 0 Å². The monoisotopic (exact) mass is 328 g/mol. The van der Waals surface area contributed by atoms with Gasteiger partial charge in [0, 0.05) is 37.6 Å². The highest BCUT2D eigenvalue weighted by Gasteiger charge is 2.21. The highest BCUT2D eigenvalue weighted by atomic mass is 19.1. The van der Waals surface area contributed by atoms with E-state index >= 15 is 0 Å². The third kappa shape index (κ3) is 4.68. The number of rotatable bonds is 7. The molecule has 1 aromatic heterocycles. The predicted octanol–water partition coefficient (Wildman–Crippen LogP) is 3.20. The molecule has 3 rings (SSSR count). The first-order chi connectivity index (χ1) is 11.7. The summed E-state index contributed by atoms with van der Waals surface area (Å²) in [6.07, 6.45) is 4.07. The van der Waals surface area contributed by atoms with Gasteiger partial charge in [0.15, 0.2) is 0 Å². The lowest BCUT2D eigenvalue weighted by molar-refractivity contribution is 0.545. The fourth-order valence-electron chi connectivity index (χ4n) is 3.00. The number of halogens is 1. The van der Waals surface area contributed by atoms with E-state index in [-0.39, 0.29) is 5.82 Å². The molecule has 0 aliphatic carbocycles. The van der Waals surface area contributed by atoms with Crippen molar-refractivity contribution in [3.8, 4) is 0 Å². The summed E-state index contributed by atoms with van der Waals surface area (Å²) in [5.41, 5.74) is 2.28. The van der Waals surface area contributed by atoms with Gasteiger partial charge in [0.2, 0.25) is 0 Å². The van der Waals surface area contributed by atoms with Gasteiger partial charge in [0.1, 0.15) is 11.6 Å². The topological polar surface area (TPSA) is 40.2 Å². The molecule has 1 atom stereocenters. The lowest BCUT2D eigenvalue weighted by Gasteiger charge is -2.19. The van der Waals surface area contributed by atoms with Crippen molar-refractivity contribution in [3.63, 3.8) is 0 Å². The molecule has 0 spiro atoms. The van der Waals surface area contributed by atoms with Crippen molar-refractivity contribution in [2.45, 2.75) is 25.8 Å². The lowest BCUT2D eigenvalue weighted by atomic mass is 10.2. The zero-order valence-corrected chi connectivity index (χ0v) is 14.1. The molecule has 0 bridgehead atoms. The zero-order valence-electron chi connectivity index (χ0n) is 14.1. The number of hydrogen-bond acceptors (Lipinski definition) is 4. The van der Waals surface area contributed by atoms with Gasteiger partial charge in [-0.1, -0.05) is 6.07 Å². The molecule has 5 heteroatoms. The largest absolute Gasteiger partial charge is 0.370 e. The number of benzene rings is 1. The molecule has 0 radical (unpaired) electrons. The average molecular weight is 328 g/mol. The van der Waals surface area contributed by atoms with Gasteiger partial charge >= 0.3 is 0 Å². The van der Waals surface area contributed by atoms with Crippen molar-refractivity contribution >= 4 is 11.5 Å². The molecule has 2 heterocycles. The van der Waals surface area contributed by atoms with Crippen LogP contribution in [0.5, 0.6) is 0 Å². The molecule has 2 aromatic rings. The molecule has 1 aromatic carbocycles. The van der Waals surface area contributed by atoms with Crippen LogP contribution in [0.2, 0.25) is 0 Å². The second-order valence-electron chi connectivity index (χ2n) is 6.36. The summed E-state index contributed by atoms with van der Waals surface area (Å²) in [4.78, 5) is 6.65. The molecular weight excluding hydrogens is 303 g/mol. The number of hydrogen-bond donors (Lipinski definition) is 2. The molecule has 1 saturated heterocycles. The normalized spacial score (nSPS) is 17.2. The Balaban J connectivity index is 1.33. The number of anilines is 2. The Labute approximate surface area is 143 Å². The molecule has 1 fully saturated rings. The summed E-state index contributed by atoms with van der Waals surface area (Å²) in [5.74, 6) is 0.757. The second kappa shape index (κ2) is 8.11. The van der Waals surface area contributed by atoms with Crippen molar-refractivity contribution in [2.24, 2.45) is 0 Å². The fourth-order valence-corrected chi connectivity index (χ4v) is 3.00. The van der Waals surface area contributed by atoms with E-state index in [2.05, 4.69) is 26.6 Å². The lowest BCUT2D eigenvalue weighted by Crippen LogP contribution is -2.33. The molecule has 4 nitrogen and oxygen atoms in total. The van der Waals surface area contributed by atoms with Gasteiger partial charge < -0.3 is 15.5 Å². The van der Waals surface area contributed by atoms with E-state index in [9.17, 15) is 4.39 Å². The van der Waals surface area contributed by atoms with E-state index in [0.29, 0.717) is 6.04 Å². The summed E-state index contributed by atoms with van der Waals surface area (Å²) < 4.78 is 13.0. The Kier molecular flexibility index (Phi) is 5.64. The first kappa shape index (κ1) is 16.7. The van der Waals surface area contributed by atoms with Gasteiger partial charge in [0.25, 0.3) is 0 Å². The van der Waals surface area contributed by atoms with Crippen LogP contribution in [0.1, 0.15) is 18.4 Å². The summed E-state index contributed by atoms with van der Waals surface area (Å²) in [7, 11) is 0. The minimum Gasteiger partial charge on any atom is -0.370 e. The molecule has 0 saturated carbocycles. The number of aryl methyl sites for hydroxylation is 1. The summed E-state index contributed by atoms with van der Waals surface area (Å²) in [6.45, 7) is 5.95. The summed E-state index contributed by atoms with van der Waals surface area (Å²) in [6, 6.07) is 11.4. The van der Waals surface area contributed by atoms with Gasteiger partial charge in [-0.3, -0.25) is 0 Å². The predicted molar refractivity (Wildman–Crippen MR) is 97.1 cm³/mol. The van der Waals surface area contributed by atoms with Crippen LogP contribution in [0.25, 0.3) is 0 Å². The maximum absolute atomic E-state index is 13.0. The third-order valence-corrected chi connectivity index (χ3v) is 4.38. The second-order valence-corrected chi connectivity index (χ2v) is 6.36. The van der Waals surface area contributed by atoms with Gasteiger partial charge in [-0.15, -0.1) is 0 Å². The van der Waals surface area contributed by atoms with Gasteiger partial charge in [0.05, 0.1) is 0 Å². The van der Waals surface area contributed by atoms with Gasteiger partial charge in [-0.2, -0.15) is 0 Å². The Bertz CT molecular complexity index is 627. The van der Waals surface area contributed by atoms with E-state index < -0.39 is 0 Å². The maximum Gasteiger partial charge on any atom is 0.125 e. The standard InChI is InChI=1S/C19H25FN4/c1-15-3-8-19(23-13-15)22-11-2-10-21-17-9-12-24(14-17)18-6-4-16(20)5-7-18/h3-8,13,17,21H,2,9-12,14H2,1H3,(H,22,23)/t17-/m0/s1. The van der Waals surface area contributed by atoms with Crippen LogP contribution in [0.3, 0.4) is 0 Å². The van der Waals surface area contributed by atoms with Crippen molar-refractivity contribution < 1.29 is 4.39 Å². The van der Waals surface area contributed by atoms with E-state index in [4.69, 9.17) is 0 Å². The van der Waals surface area contributed by atoms with Crippen molar-refractivity contribution in [2.75, 3.05) is 36.4 Å². The van der Waals surface area contributed by atoms with E-state index in [1.807, 2.05) is 31.3 Å². The smallest absolute Gasteiger partial charge is 0.125 e. The number of aromatic nitrogens is 1. The summed E-state index contributed by atoms with van der Waals surface area (Å²) >= 11 is 0. The molecule has 1 aliphatic rings. The Morgan fingerprint density at radius 3 is 2.75 bits per heavy atom. The maximum atomic E-state index is 13.0. The highest BCUT2D eigenvalue weighted by molar-refractivity contribution is 5.47. The average Bonchev–Trinajstić information content (AvgIpc) is 3.06. The molecule has 128 valence electrons. The molecule has 0 amide bonds. The molecule has 0 unspecified atom stereocenters. The van der Waals surface area contributed by atoms with E-state index in [1.54, 1.807) is 0 Å². The van der Waals surface area contributed by atoms with Crippen molar-refractivity contribution in [1.82, 2.24) is 10.3 Å². The van der Waals surface area contributed by atoms with E-state index in [1.165, 1.54) is 17.7 Å². The van der Waals surface area contributed by atoms with Crippen molar-refractivity contribution in [1.29, 1.82) is 0 Å². The quantitative estimate of drug-likeness (QED) is 0.766. The fraction of sp³-hybridized carbons (Fsp3) is 0.421. The van der Waals surface area contributed by atoms with Crippen LogP contribution in [-0.4, -0.2) is 37.2 Å². The van der Waals surface area contributed by atoms with Gasteiger partial charge in [-0.25, -0.2) is 9.37 Å². The van der Waals surface area contributed by atoms with Gasteiger partial charge in [-0.05, 0) is 62.2 Å². The van der Waals surface area contributed by atoms with Crippen LogP contribution < -0.4 is 15.5 Å². The zero-order chi connectivity index (χ0) is 16.8. The number of nitrogens with zero attached hydrogens (tertiary/aromatic N) is 2. The minimum absolute atomic E-state index is 0.178. The molecule has 1 aliphatic heterocycles. The highest BCUT2D eigenvalue weighted by Crippen LogP contribution is 2.20. The SMILES string of the molecule is Cc1ccc(NCCCN[C@H]2CCN(c3ccc(F)cc3)C2)nc1. The summed E-state index contributed by atoms with van der Waals surface area (Å²) in [5, 5.41) is 6.95. The number of pyridine rings is 1. The number of nitrogens with one attached hydrogen (secondary N) is 2. The minimum atomic E-state index is -0.178. The Morgan fingerprint density at radius 1 is 1.17 bits per heavy atom. The van der Waals surface area contributed by atoms with Crippen LogP contribution in [0.4, 0.5) is 15.9 Å². The molecular formula is C19H25FN4. The Morgan fingerprint density at radius 2 is 2.00 bits per heavy atom. The van der Waals surface area contributed by atoms with E-state index in [0.717, 1.165) is 50.5 Å². The van der Waals surface area contributed by atoms with Crippen molar-refractivity contribution in [3.05, 3.63) is 54.0 Å². The van der Waals surface area contributed by atoms with Crippen LogP contribution >= 0.6 is 0 Å². The van der Waals surface area contributed by atoms with Crippen LogP contribution in [0, 0.1) is 12.7 Å². The molecule has 24 heavy (non-hydrogen) atoms. The van der Waals surface area contributed by atoms with Crippen LogP contribution in [0.15, 0.2) is 42.6 Å². The first-order valence-electron chi connectivity index (χ1n) is 8.61.